The predicted octanol–water partition coefficient (Wildman–Crippen LogP) is 2.41. The van der Waals surface area contributed by atoms with Gasteiger partial charge in [0.05, 0.1) is 5.56 Å². The average molecular weight is 381 g/mol. The first-order valence-corrected chi connectivity index (χ1v) is 9.62. The number of amides is 1. The highest BCUT2D eigenvalue weighted by Crippen LogP contribution is 2.29. The Hall–Kier alpha value is -2.89. The number of carbonyl (C=O) groups excluding carboxylic acids is 1. The zero-order valence-electron chi connectivity index (χ0n) is 16.9. The first-order valence-electron chi connectivity index (χ1n) is 9.62. The summed E-state index contributed by atoms with van der Waals surface area (Å²) in [6, 6.07) is 8.62. The van der Waals surface area contributed by atoms with E-state index in [9.17, 15) is 14.4 Å². The maximum absolute atomic E-state index is 12.8. The van der Waals surface area contributed by atoms with Crippen LogP contribution in [0.4, 0.5) is 0 Å². The Balaban J connectivity index is 1.78. The number of hydrogen-bond donors (Lipinski definition) is 0. The molecule has 28 heavy (non-hydrogen) atoms. The zero-order chi connectivity index (χ0) is 20.4. The Kier molecular flexibility index (Phi) is 5.68. The van der Waals surface area contributed by atoms with Crippen LogP contribution in [-0.2, 0) is 25.4 Å². The number of aryl methyl sites for hydroxylation is 1. The summed E-state index contributed by atoms with van der Waals surface area (Å²) in [6.45, 7) is 4.87. The molecule has 0 atom stereocenters. The van der Waals surface area contributed by atoms with Gasteiger partial charge in [-0.2, -0.15) is 0 Å². The van der Waals surface area contributed by atoms with E-state index < -0.39 is 11.2 Å². The van der Waals surface area contributed by atoms with Crippen molar-refractivity contribution in [1.29, 1.82) is 0 Å². The molecule has 0 N–H and O–H groups in total. The maximum Gasteiger partial charge on any atom is 0.330 e. The number of nitrogens with zero attached hydrogens (tertiary/aromatic N) is 3. The molecule has 1 aliphatic rings. The van der Waals surface area contributed by atoms with Crippen LogP contribution in [0.3, 0.4) is 0 Å². The number of aromatic nitrogens is 2. The molecule has 6 nitrogen and oxygen atoms in total. The quantitative estimate of drug-likeness (QED) is 0.722. The Morgan fingerprint density at radius 3 is 2.39 bits per heavy atom. The molecule has 1 fully saturated rings. The topological polar surface area (TPSA) is 64.3 Å². The first-order chi connectivity index (χ1) is 13.3. The second-order valence-electron chi connectivity index (χ2n) is 7.77. The molecule has 1 saturated carbocycles. The van der Waals surface area contributed by atoms with Gasteiger partial charge in [0.1, 0.15) is 0 Å². The summed E-state index contributed by atoms with van der Waals surface area (Å²) in [5.41, 5.74) is 1.89. The lowest BCUT2D eigenvalue weighted by atomic mass is 10.0. The monoisotopic (exact) mass is 381 g/mol. The van der Waals surface area contributed by atoms with Gasteiger partial charge in [0.2, 0.25) is 5.91 Å². The van der Waals surface area contributed by atoms with E-state index in [-0.39, 0.29) is 11.9 Å². The summed E-state index contributed by atoms with van der Waals surface area (Å²) in [6.07, 6.45) is 6.40. The van der Waals surface area contributed by atoms with E-state index in [1.807, 2.05) is 4.90 Å². The van der Waals surface area contributed by atoms with Crippen molar-refractivity contribution in [2.45, 2.75) is 45.2 Å². The molecule has 1 amide bonds. The Morgan fingerprint density at radius 2 is 1.82 bits per heavy atom. The Bertz CT molecular complexity index is 1010. The number of hydrogen-bond acceptors (Lipinski definition) is 3. The van der Waals surface area contributed by atoms with Gasteiger partial charge >= 0.3 is 5.69 Å². The third-order valence-electron chi connectivity index (χ3n) is 5.15. The van der Waals surface area contributed by atoms with Crippen molar-refractivity contribution in [2.24, 2.45) is 14.1 Å². The fraction of sp³-hybridized carbons (Fsp3) is 0.409. The Labute approximate surface area is 164 Å². The van der Waals surface area contributed by atoms with Gasteiger partial charge in [0.15, 0.2) is 0 Å². The van der Waals surface area contributed by atoms with Crippen LogP contribution < -0.4 is 11.2 Å². The summed E-state index contributed by atoms with van der Waals surface area (Å²) in [5, 5.41) is 0. The normalized spacial score (nSPS) is 14.0. The molecule has 1 aromatic carbocycles. The molecule has 3 rings (SSSR count). The molecule has 0 spiro atoms. The lowest BCUT2D eigenvalue weighted by Crippen LogP contribution is -2.37. The predicted molar refractivity (Wildman–Crippen MR) is 110 cm³/mol. The molecule has 6 heteroatoms. The second kappa shape index (κ2) is 8.00. The van der Waals surface area contributed by atoms with E-state index in [0.29, 0.717) is 18.0 Å². The van der Waals surface area contributed by atoms with Crippen LogP contribution in [0.15, 0.2) is 46.1 Å². The summed E-state index contributed by atoms with van der Waals surface area (Å²) in [4.78, 5) is 38.6. The molecule has 0 bridgehead atoms. The molecule has 148 valence electrons. The molecular formula is C22H27N3O3. The molecule has 1 aliphatic carbocycles. The van der Waals surface area contributed by atoms with E-state index in [1.54, 1.807) is 7.05 Å². The summed E-state index contributed by atoms with van der Waals surface area (Å²) in [5.74, 6) is 0.356. The Morgan fingerprint density at radius 1 is 1.18 bits per heavy atom. The van der Waals surface area contributed by atoms with Gasteiger partial charge in [-0.25, -0.2) is 4.79 Å². The molecular weight excluding hydrogens is 354 g/mol. The number of rotatable bonds is 6. The van der Waals surface area contributed by atoms with E-state index in [4.69, 9.17) is 0 Å². The molecule has 0 saturated heterocycles. The van der Waals surface area contributed by atoms with E-state index in [2.05, 4.69) is 38.1 Å². The minimum absolute atomic E-state index is 0.119. The van der Waals surface area contributed by atoms with E-state index in [1.165, 1.54) is 35.5 Å². The summed E-state index contributed by atoms with van der Waals surface area (Å²) in [7, 11) is 3.01. The summed E-state index contributed by atoms with van der Waals surface area (Å²) < 4.78 is 2.37. The van der Waals surface area contributed by atoms with Gasteiger partial charge in [-0.1, -0.05) is 38.1 Å². The van der Waals surface area contributed by atoms with Crippen molar-refractivity contribution < 1.29 is 4.79 Å². The van der Waals surface area contributed by atoms with E-state index >= 15 is 0 Å². The van der Waals surface area contributed by atoms with Crippen molar-refractivity contribution in [2.75, 3.05) is 0 Å². The van der Waals surface area contributed by atoms with Gasteiger partial charge in [-0.3, -0.25) is 14.2 Å². The van der Waals surface area contributed by atoms with E-state index in [0.717, 1.165) is 23.0 Å². The third kappa shape index (κ3) is 4.32. The van der Waals surface area contributed by atoms with Gasteiger partial charge in [-0.15, -0.1) is 0 Å². The van der Waals surface area contributed by atoms with Crippen LogP contribution >= 0.6 is 0 Å². The molecule has 0 radical (unpaired) electrons. The zero-order valence-corrected chi connectivity index (χ0v) is 16.9. The highest BCUT2D eigenvalue weighted by atomic mass is 16.2. The minimum atomic E-state index is -0.408. The van der Waals surface area contributed by atoms with Gasteiger partial charge in [-0.05, 0) is 36.0 Å². The fourth-order valence-corrected chi connectivity index (χ4v) is 3.19. The van der Waals surface area contributed by atoms with Gasteiger partial charge in [0, 0.05) is 39.0 Å². The van der Waals surface area contributed by atoms with Crippen LogP contribution in [0.1, 0.15) is 49.3 Å². The molecule has 1 heterocycles. The molecule has 2 aromatic rings. The molecule has 0 unspecified atom stereocenters. The smallest absolute Gasteiger partial charge is 0.330 e. The second-order valence-corrected chi connectivity index (χ2v) is 7.77. The van der Waals surface area contributed by atoms with Crippen LogP contribution in [0, 0.1) is 0 Å². The van der Waals surface area contributed by atoms with Crippen molar-refractivity contribution in [3.8, 4) is 0 Å². The lowest BCUT2D eigenvalue weighted by molar-refractivity contribution is -0.127. The highest BCUT2D eigenvalue weighted by molar-refractivity contribution is 5.92. The SMILES string of the molecule is CC(C)c1ccc(CN(C(=O)C=Cc2cn(C)c(=O)n(C)c2=O)C2CC2)cc1. The van der Waals surface area contributed by atoms with Crippen LogP contribution in [-0.4, -0.2) is 26.0 Å². The van der Waals surface area contributed by atoms with Gasteiger partial charge < -0.3 is 9.47 Å². The molecule has 1 aromatic heterocycles. The number of carbonyl (C=O) groups is 1. The van der Waals surface area contributed by atoms with Crippen LogP contribution in [0.25, 0.3) is 6.08 Å². The summed E-state index contributed by atoms with van der Waals surface area (Å²) >= 11 is 0. The fourth-order valence-electron chi connectivity index (χ4n) is 3.19. The molecule has 0 aliphatic heterocycles. The third-order valence-corrected chi connectivity index (χ3v) is 5.15. The van der Waals surface area contributed by atoms with Crippen molar-refractivity contribution in [3.05, 3.63) is 74.1 Å². The number of benzene rings is 1. The lowest BCUT2D eigenvalue weighted by Gasteiger charge is -2.21. The standard InChI is InChI=1S/C22H27N3O3/c1-15(2)17-7-5-16(6-8-17)13-25(19-10-11-19)20(26)12-9-18-14-23(3)22(28)24(4)21(18)27/h5-9,12,14-15,19H,10-11,13H2,1-4H3. The first kappa shape index (κ1) is 19.9. The van der Waals surface area contributed by atoms with Crippen molar-refractivity contribution in [3.63, 3.8) is 0 Å². The highest BCUT2D eigenvalue weighted by Gasteiger charge is 2.31. The maximum atomic E-state index is 12.8. The minimum Gasteiger partial charge on any atom is -0.332 e. The van der Waals surface area contributed by atoms with Gasteiger partial charge in [0.25, 0.3) is 5.56 Å². The largest absolute Gasteiger partial charge is 0.332 e. The van der Waals surface area contributed by atoms with Crippen molar-refractivity contribution >= 4 is 12.0 Å². The van der Waals surface area contributed by atoms with Crippen LogP contribution in [0.2, 0.25) is 0 Å². The van der Waals surface area contributed by atoms with Crippen molar-refractivity contribution in [1.82, 2.24) is 14.0 Å². The van der Waals surface area contributed by atoms with Crippen LogP contribution in [0.5, 0.6) is 0 Å². The average Bonchev–Trinajstić information content (AvgIpc) is 3.51.